The van der Waals surface area contributed by atoms with Crippen LogP contribution in [0.4, 0.5) is 0 Å². The van der Waals surface area contributed by atoms with E-state index in [1.807, 2.05) is 0 Å². The van der Waals surface area contributed by atoms with Crippen LogP contribution < -0.4 is 5.73 Å². The first-order chi connectivity index (χ1) is 5.77. The molecule has 4 N–H and O–H groups in total. The van der Waals surface area contributed by atoms with E-state index < -0.39 is 21.7 Å². The van der Waals surface area contributed by atoms with Gasteiger partial charge in [-0.15, -0.1) is 0 Å². The molecular formula is C7H16N2O3S. The maximum absolute atomic E-state index is 11.4. The van der Waals surface area contributed by atoms with Crippen LogP contribution >= 0.6 is 0 Å². The molecule has 0 radical (unpaired) electrons. The summed E-state index contributed by atoms with van der Waals surface area (Å²) in [6.07, 6.45) is 0.0931. The smallest absolute Gasteiger partial charge is 0.320 e. The van der Waals surface area contributed by atoms with Crippen LogP contribution in [0.2, 0.25) is 0 Å². The van der Waals surface area contributed by atoms with E-state index in [2.05, 4.69) is 0 Å². The second kappa shape index (κ2) is 4.57. The molecule has 78 valence electrons. The van der Waals surface area contributed by atoms with Gasteiger partial charge in [0.2, 0.25) is 0 Å². The Morgan fingerprint density at radius 3 is 2.38 bits per heavy atom. The fourth-order valence-corrected chi connectivity index (χ4v) is 1.74. The SMILES string of the molecule is CC(C)S(=N)(=O)CCC(N)C(=O)O. The predicted molar refractivity (Wildman–Crippen MR) is 51.1 cm³/mol. The molecule has 0 amide bonds. The summed E-state index contributed by atoms with van der Waals surface area (Å²) in [6, 6.07) is -1.01. The van der Waals surface area contributed by atoms with Gasteiger partial charge in [-0.05, 0) is 6.42 Å². The molecule has 0 aromatic rings. The third kappa shape index (κ3) is 4.23. The Kier molecular flexibility index (Phi) is 4.35. The molecule has 0 saturated carbocycles. The van der Waals surface area contributed by atoms with Crippen LogP contribution in [-0.4, -0.2) is 32.3 Å². The van der Waals surface area contributed by atoms with Crippen molar-refractivity contribution in [3.8, 4) is 0 Å². The fourth-order valence-electron chi connectivity index (χ4n) is 0.661. The van der Waals surface area contributed by atoms with Gasteiger partial charge in [0.1, 0.15) is 6.04 Å². The zero-order valence-electron chi connectivity index (χ0n) is 7.82. The molecule has 0 bridgehead atoms. The van der Waals surface area contributed by atoms with Gasteiger partial charge in [0.25, 0.3) is 0 Å². The first-order valence-corrected chi connectivity index (χ1v) is 5.80. The van der Waals surface area contributed by atoms with E-state index in [-0.39, 0.29) is 17.4 Å². The van der Waals surface area contributed by atoms with Crippen LogP contribution in [0.5, 0.6) is 0 Å². The lowest BCUT2D eigenvalue weighted by Crippen LogP contribution is -2.33. The third-order valence-electron chi connectivity index (χ3n) is 1.81. The van der Waals surface area contributed by atoms with Crippen molar-refractivity contribution in [3.63, 3.8) is 0 Å². The van der Waals surface area contributed by atoms with Crippen LogP contribution in [0, 0.1) is 4.78 Å². The molecule has 0 aromatic heterocycles. The highest BCUT2D eigenvalue weighted by atomic mass is 32.2. The molecular weight excluding hydrogens is 192 g/mol. The summed E-state index contributed by atoms with van der Waals surface area (Å²) in [6.45, 7) is 3.36. The Morgan fingerprint density at radius 1 is 1.62 bits per heavy atom. The molecule has 0 aliphatic carbocycles. The zero-order valence-corrected chi connectivity index (χ0v) is 8.63. The number of hydrogen-bond donors (Lipinski definition) is 3. The molecule has 5 nitrogen and oxygen atoms in total. The van der Waals surface area contributed by atoms with Gasteiger partial charge < -0.3 is 10.8 Å². The lowest BCUT2D eigenvalue weighted by Gasteiger charge is -2.12. The first-order valence-electron chi connectivity index (χ1n) is 4.01. The standard InChI is InChI=1S/C7H16N2O3S/c1-5(2)13(9,12)4-3-6(8)7(10)11/h5-6,9H,3-4,8H2,1-2H3,(H,10,11). The highest BCUT2D eigenvalue weighted by Crippen LogP contribution is 2.05. The molecule has 0 spiro atoms. The van der Waals surface area contributed by atoms with Gasteiger partial charge in [0.05, 0.1) is 0 Å². The van der Waals surface area contributed by atoms with Crippen molar-refractivity contribution in [2.24, 2.45) is 5.73 Å². The third-order valence-corrected chi connectivity index (χ3v) is 4.18. The molecule has 2 unspecified atom stereocenters. The zero-order chi connectivity index (χ0) is 10.6. The lowest BCUT2D eigenvalue weighted by atomic mass is 10.2. The van der Waals surface area contributed by atoms with Crippen molar-refractivity contribution in [1.29, 1.82) is 4.78 Å². The van der Waals surface area contributed by atoms with Crippen LogP contribution in [0.3, 0.4) is 0 Å². The van der Waals surface area contributed by atoms with Gasteiger partial charge in [-0.1, -0.05) is 13.8 Å². The van der Waals surface area contributed by atoms with Gasteiger partial charge in [-0.3, -0.25) is 9.57 Å². The average Bonchev–Trinajstić information content (AvgIpc) is 1.99. The number of nitrogens with one attached hydrogen (secondary N) is 1. The number of aliphatic carboxylic acids is 1. The maximum Gasteiger partial charge on any atom is 0.320 e. The number of carbonyl (C=O) groups is 1. The molecule has 6 heteroatoms. The lowest BCUT2D eigenvalue weighted by molar-refractivity contribution is -0.138. The van der Waals surface area contributed by atoms with E-state index in [0.717, 1.165) is 0 Å². The predicted octanol–water partition coefficient (Wildman–Crippen LogP) is 0.244. The van der Waals surface area contributed by atoms with Crippen molar-refractivity contribution in [2.45, 2.75) is 31.6 Å². The summed E-state index contributed by atoms with van der Waals surface area (Å²) in [5.41, 5.74) is 5.22. The van der Waals surface area contributed by atoms with Crippen molar-refractivity contribution in [2.75, 3.05) is 5.75 Å². The first kappa shape index (κ1) is 12.4. The minimum Gasteiger partial charge on any atom is -0.480 e. The van der Waals surface area contributed by atoms with Crippen molar-refractivity contribution >= 4 is 15.7 Å². The van der Waals surface area contributed by atoms with Crippen molar-refractivity contribution in [1.82, 2.24) is 0 Å². The Bertz CT molecular complexity index is 271. The van der Waals surface area contributed by atoms with Crippen LogP contribution in [0.1, 0.15) is 20.3 Å². The molecule has 13 heavy (non-hydrogen) atoms. The summed E-state index contributed by atoms with van der Waals surface area (Å²) >= 11 is 0. The highest BCUT2D eigenvalue weighted by Gasteiger charge is 2.17. The molecule has 0 aliphatic heterocycles. The minimum atomic E-state index is -2.67. The van der Waals surface area contributed by atoms with Gasteiger partial charge >= 0.3 is 5.97 Å². The summed E-state index contributed by atoms with van der Waals surface area (Å²) in [4.78, 5) is 10.3. The number of hydrogen-bond acceptors (Lipinski definition) is 4. The van der Waals surface area contributed by atoms with Gasteiger partial charge in [0.15, 0.2) is 0 Å². The molecule has 0 fully saturated rings. The van der Waals surface area contributed by atoms with Crippen molar-refractivity contribution < 1.29 is 14.1 Å². The molecule has 0 aliphatic rings. The number of carboxylic acid groups (broad SMARTS) is 1. The van der Waals surface area contributed by atoms with Crippen molar-refractivity contribution in [3.05, 3.63) is 0 Å². The number of carboxylic acids is 1. The topological polar surface area (TPSA) is 104 Å². The molecule has 0 rings (SSSR count). The van der Waals surface area contributed by atoms with E-state index in [4.69, 9.17) is 15.6 Å². The van der Waals surface area contributed by atoms with E-state index in [9.17, 15) is 9.00 Å². The minimum absolute atomic E-state index is 0.0537. The fraction of sp³-hybridized carbons (Fsp3) is 0.857. The van der Waals surface area contributed by atoms with Gasteiger partial charge in [-0.25, -0.2) is 4.21 Å². The summed E-state index contributed by atoms with van der Waals surface area (Å²) in [5.74, 6) is -1.06. The maximum atomic E-state index is 11.4. The van der Waals surface area contributed by atoms with Gasteiger partial charge in [0, 0.05) is 20.7 Å². The quantitative estimate of drug-likeness (QED) is 0.602. The number of nitrogens with two attached hydrogens (primary N) is 1. The van der Waals surface area contributed by atoms with Crippen LogP contribution in [0.25, 0.3) is 0 Å². The van der Waals surface area contributed by atoms with E-state index in [0.29, 0.717) is 0 Å². The van der Waals surface area contributed by atoms with E-state index in [1.165, 1.54) is 0 Å². The Balaban J connectivity index is 4.11. The molecule has 2 atom stereocenters. The summed E-state index contributed by atoms with van der Waals surface area (Å²) < 4.78 is 18.8. The Hall–Kier alpha value is -0.620. The molecule has 0 heterocycles. The normalized spacial score (nSPS) is 18.2. The van der Waals surface area contributed by atoms with Crippen LogP contribution in [0.15, 0.2) is 0 Å². The second-order valence-corrected chi connectivity index (χ2v) is 6.02. The monoisotopic (exact) mass is 208 g/mol. The molecule has 0 aromatic carbocycles. The van der Waals surface area contributed by atoms with E-state index >= 15 is 0 Å². The largest absolute Gasteiger partial charge is 0.480 e. The highest BCUT2D eigenvalue weighted by molar-refractivity contribution is 7.92. The second-order valence-electron chi connectivity index (χ2n) is 3.21. The Morgan fingerprint density at radius 2 is 2.08 bits per heavy atom. The average molecular weight is 208 g/mol. The number of rotatable bonds is 5. The van der Waals surface area contributed by atoms with E-state index in [1.54, 1.807) is 13.8 Å². The molecule has 0 saturated heterocycles. The van der Waals surface area contributed by atoms with Crippen LogP contribution in [-0.2, 0) is 14.5 Å². The Labute approximate surface area is 78.3 Å². The summed E-state index contributed by atoms with van der Waals surface area (Å²) in [5, 5.41) is 8.18. The van der Waals surface area contributed by atoms with Gasteiger partial charge in [-0.2, -0.15) is 0 Å². The summed E-state index contributed by atoms with van der Waals surface area (Å²) in [7, 11) is -2.67.